The molecular weight excluding hydrogens is 278 g/mol. The van der Waals surface area contributed by atoms with Gasteiger partial charge in [-0.15, -0.1) is 0 Å². The van der Waals surface area contributed by atoms with E-state index in [-0.39, 0.29) is 5.41 Å². The first-order valence-electron chi connectivity index (χ1n) is 8.77. The lowest BCUT2D eigenvalue weighted by Gasteiger charge is -2.54. The van der Waals surface area contributed by atoms with Crippen molar-refractivity contribution in [3.63, 3.8) is 0 Å². The third-order valence-corrected chi connectivity index (χ3v) is 5.02. The molecular formula is C17H33N3O2. The van der Waals surface area contributed by atoms with Crippen LogP contribution in [0.3, 0.4) is 0 Å². The van der Waals surface area contributed by atoms with E-state index in [9.17, 15) is 0 Å². The van der Waals surface area contributed by atoms with Crippen molar-refractivity contribution in [2.75, 3.05) is 33.4 Å². The molecule has 1 aliphatic carbocycles. The Balaban J connectivity index is 1.65. The number of aliphatic imine (C=N–C) groups is 1. The maximum absolute atomic E-state index is 5.84. The standard InChI is InChI=1S/C17H33N3O2/c1-5-6-10-21-11-7-9-19-16(18-4)20-14-13-8-12-22-15(13)17(14,2)3/h13-15H,5-12H2,1-4H3,(H2,18,19,20). The molecule has 2 N–H and O–H groups in total. The number of unbranched alkanes of at least 4 members (excludes halogenated alkanes) is 1. The predicted octanol–water partition coefficient (Wildman–Crippen LogP) is 2.17. The van der Waals surface area contributed by atoms with E-state index in [1.807, 2.05) is 7.05 Å². The minimum absolute atomic E-state index is 0.183. The highest BCUT2D eigenvalue weighted by atomic mass is 16.5. The van der Waals surface area contributed by atoms with Gasteiger partial charge in [-0.25, -0.2) is 0 Å². The molecule has 5 nitrogen and oxygen atoms in total. The van der Waals surface area contributed by atoms with Gasteiger partial charge in [-0.3, -0.25) is 4.99 Å². The number of nitrogens with zero attached hydrogens (tertiary/aromatic N) is 1. The average molecular weight is 311 g/mol. The molecule has 0 aromatic heterocycles. The van der Waals surface area contributed by atoms with Crippen molar-refractivity contribution in [1.82, 2.24) is 10.6 Å². The molecule has 0 spiro atoms. The maximum atomic E-state index is 5.84. The van der Waals surface area contributed by atoms with Gasteiger partial charge in [0, 0.05) is 50.8 Å². The number of hydrogen-bond acceptors (Lipinski definition) is 3. The van der Waals surface area contributed by atoms with Gasteiger partial charge < -0.3 is 20.1 Å². The molecule has 1 heterocycles. The molecule has 1 aliphatic heterocycles. The summed E-state index contributed by atoms with van der Waals surface area (Å²) in [4.78, 5) is 4.35. The van der Waals surface area contributed by atoms with E-state index in [2.05, 4.69) is 36.4 Å². The molecule has 0 radical (unpaired) electrons. The summed E-state index contributed by atoms with van der Waals surface area (Å²) in [6.07, 6.45) is 4.92. The van der Waals surface area contributed by atoms with Crippen molar-refractivity contribution in [2.45, 2.75) is 58.6 Å². The van der Waals surface area contributed by atoms with E-state index < -0.39 is 0 Å². The van der Waals surface area contributed by atoms with E-state index in [0.717, 1.165) is 51.6 Å². The van der Waals surface area contributed by atoms with Crippen LogP contribution < -0.4 is 10.6 Å². The highest BCUT2D eigenvalue weighted by Gasteiger charge is 2.59. The zero-order valence-corrected chi connectivity index (χ0v) is 14.7. The molecule has 22 heavy (non-hydrogen) atoms. The molecule has 1 saturated carbocycles. The summed E-state index contributed by atoms with van der Waals surface area (Å²) in [7, 11) is 1.83. The van der Waals surface area contributed by atoms with Gasteiger partial charge in [-0.1, -0.05) is 27.2 Å². The van der Waals surface area contributed by atoms with Gasteiger partial charge in [-0.05, 0) is 19.3 Å². The Bertz CT molecular complexity index is 371. The lowest BCUT2D eigenvalue weighted by molar-refractivity contribution is -0.106. The molecule has 0 aromatic rings. The zero-order valence-electron chi connectivity index (χ0n) is 14.7. The molecule has 2 aliphatic rings. The van der Waals surface area contributed by atoms with Crippen molar-refractivity contribution in [3.8, 4) is 0 Å². The molecule has 5 heteroatoms. The van der Waals surface area contributed by atoms with E-state index in [4.69, 9.17) is 9.47 Å². The van der Waals surface area contributed by atoms with Crippen molar-refractivity contribution >= 4 is 5.96 Å². The summed E-state index contributed by atoms with van der Waals surface area (Å²) >= 11 is 0. The average Bonchev–Trinajstić information content (AvgIpc) is 2.96. The lowest BCUT2D eigenvalue weighted by Crippen LogP contribution is -2.68. The second kappa shape index (κ2) is 8.16. The molecule has 2 rings (SSSR count). The molecule has 2 fully saturated rings. The Labute approximate surface area is 135 Å². The van der Waals surface area contributed by atoms with E-state index >= 15 is 0 Å². The van der Waals surface area contributed by atoms with Crippen molar-refractivity contribution in [2.24, 2.45) is 16.3 Å². The highest BCUT2D eigenvalue weighted by molar-refractivity contribution is 5.80. The van der Waals surface area contributed by atoms with Crippen LogP contribution in [0.1, 0.15) is 46.5 Å². The van der Waals surface area contributed by atoms with Crippen LogP contribution in [-0.4, -0.2) is 51.5 Å². The molecule has 128 valence electrons. The predicted molar refractivity (Wildman–Crippen MR) is 90.3 cm³/mol. The summed E-state index contributed by atoms with van der Waals surface area (Å²) in [5.74, 6) is 1.53. The number of guanidine groups is 1. The van der Waals surface area contributed by atoms with Crippen LogP contribution in [0.4, 0.5) is 0 Å². The van der Waals surface area contributed by atoms with E-state index in [1.165, 1.54) is 6.42 Å². The van der Waals surface area contributed by atoms with Crippen LogP contribution in [0.2, 0.25) is 0 Å². The van der Waals surface area contributed by atoms with Crippen LogP contribution in [0.25, 0.3) is 0 Å². The fourth-order valence-electron chi connectivity index (χ4n) is 3.69. The topological polar surface area (TPSA) is 54.9 Å². The minimum atomic E-state index is 0.183. The van der Waals surface area contributed by atoms with Crippen LogP contribution in [0.15, 0.2) is 4.99 Å². The Kier molecular flexibility index (Phi) is 6.50. The van der Waals surface area contributed by atoms with Crippen molar-refractivity contribution in [3.05, 3.63) is 0 Å². The summed E-state index contributed by atoms with van der Waals surface area (Å²) in [6, 6.07) is 0.451. The number of nitrogens with one attached hydrogen (secondary N) is 2. The Hall–Kier alpha value is -0.810. The molecule has 0 aromatic carbocycles. The highest BCUT2D eigenvalue weighted by Crippen LogP contribution is 2.51. The quantitative estimate of drug-likeness (QED) is 0.410. The third kappa shape index (κ3) is 3.93. The van der Waals surface area contributed by atoms with Gasteiger partial charge in [0.25, 0.3) is 0 Å². The third-order valence-electron chi connectivity index (χ3n) is 5.02. The molecule has 1 saturated heterocycles. The van der Waals surface area contributed by atoms with Gasteiger partial charge in [-0.2, -0.15) is 0 Å². The normalized spacial score (nSPS) is 29.8. The molecule has 3 unspecified atom stereocenters. The smallest absolute Gasteiger partial charge is 0.191 e. The van der Waals surface area contributed by atoms with Crippen LogP contribution >= 0.6 is 0 Å². The van der Waals surface area contributed by atoms with E-state index in [0.29, 0.717) is 18.1 Å². The zero-order chi connectivity index (χ0) is 16.0. The van der Waals surface area contributed by atoms with Crippen molar-refractivity contribution < 1.29 is 9.47 Å². The Morgan fingerprint density at radius 1 is 1.32 bits per heavy atom. The minimum Gasteiger partial charge on any atom is -0.381 e. The Morgan fingerprint density at radius 3 is 2.82 bits per heavy atom. The van der Waals surface area contributed by atoms with Gasteiger partial charge in [0.2, 0.25) is 0 Å². The first kappa shape index (κ1) is 17.5. The second-order valence-electron chi connectivity index (χ2n) is 7.01. The van der Waals surface area contributed by atoms with E-state index in [1.54, 1.807) is 0 Å². The summed E-state index contributed by atoms with van der Waals surface area (Å²) < 4.78 is 11.4. The summed E-state index contributed by atoms with van der Waals surface area (Å²) in [5, 5.41) is 6.99. The number of ether oxygens (including phenoxy) is 2. The first-order chi connectivity index (χ1) is 10.6. The summed E-state index contributed by atoms with van der Waals surface area (Å²) in [5.41, 5.74) is 0.183. The van der Waals surface area contributed by atoms with Gasteiger partial charge in [0.15, 0.2) is 5.96 Å². The number of fused-ring (bicyclic) bond motifs is 1. The number of rotatable bonds is 8. The van der Waals surface area contributed by atoms with Crippen LogP contribution in [0.5, 0.6) is 0 Å². The molecule has 3 atom stereocenters. The maximum Gasteiger partial charge on any atom is 0.191 e. The fourth-order valence-corrected chi connectivity index (χ4v) is 3.69. The van der Waals surface area contributed by atoms with Gasteiger partial charge in [0.05, 0.1) is 6.10 Å². The fraction of sp³-hybridized carbons (Fsp3) is 0.941. The second-order valence-corrected chi connectivity index (χ2v) is 7.01. The van der Waals surface area contributed by atoms with Crippen molar-refractivity contribution in [1.29, 1.82) is 0 Å². The molecule has 0 bridgehead atoms. The van der Waals surface area contributed by atoms with Crippen LogP contribution in [0, 0.1) is 11.3 Å². The lowest BCUT2D eigenvalue weighted by atomic mass is 9.57. The summed E-state index contributed by atoms with van der Waals surface area (Å²) in [6.45, 7) is 10.2. The monoisotopic (exact) mass is 311 g/mol. The molecule has 0 amide bonds. The Morgan fingerprint density at radius 2 is 2.09 bits per heavy atom. The largest absolute Gasteiger partial charge is 0.381 e. The number of hydrogen-bond donors (Lipinski definition) is 2. The van der Waals surface area contributed by atoms with Crippen LogP contribution in [-0.2, 0) is 9.47 Å². The first-order valence-corrected chi connectivity index (χ1v) is 8.77. The SMILES string of the molecule is CCCCOCCCNC(=NC)NC1C2CCOC2C1(C)C. The van der Waals surface area contributed by atoms with Gasteiger partial charge in [0.1, 0.15) is 0 Å². The van der Waals surface area contributed by atoms with Gasteiger partial charge >= 0.3 is 0 Å².